The van der Waals surface area contributed by atoms with Crippen molar-refractivity contribution in [3.63, 3.8) is 0 Å². The molecule has 2 heterocycles. The summed E-state index contributed by atoms with van der Waals surface area (Å²) < 4.78 is 1.13. The number of aromatic nitrogens is 6. The van der Waals surface area contributed by atoms with E-state index >= 15 is 0 Å². The lowest BCUT2D eigenvalue weighted by atomic mass is 10.0. The maximum atomic E-state index is 13.1. The van der Waals surface area contributed by atoms with Gasteiger partial charge in [0.1, 0.15) is 24.5 Å². The zero-order valence-corrected chi connectivity index (χ0v) is 26.1. The van der Waals surface area contributed by atoms with Crippen LogP contribution in [0.25, 0.3) is 10.9 Å². The highest BCUT2D eigenvalue weighted by molar-refractivity contribution is 5.97. The summed E-state index contributed by atoms with van der Waals surface area (Å²) in [4.78, 5) is 70.1. The molecule has 248 valence electrons. The molecular formula is C32H33N9O7. The van der Waals surface area contributed by atoms with Gasteiger partial charge in [-0.1, -0.05) is 5.92 Å². The summed E-state index contributed by atoms with van der Waals surface area (Å²) >= 11 is 0. The molecule has 16 heteroatoms. The third-order valence-corrected chi connectivity index (χ3v) is 8.14. The molecule has 4 aromatic rings. The number of hydrogen-bond donors (Lipinski definition) is 5. The van der Waals surface area contributed by atoms with Crippen molar-refractivity contribution in [2.24, 2.45) is 0 Å². The fraction of sp³-hybridized carbons (Fsp3) is 0.344. The van der Waals surface area contributed by atoms with Crippen molar-refractivity contribution in [3.8, 4) is 12.3 Å². The molecule has 1 aliphatic rings. The molecule has 1 unspecified atom stereocenters. The van der Waals surface area contributed by atoms with E-state index in [1.54, 1.807) is 31.2 Å². The summed E-state index contributed by atoms with van der Waals surface area (Å²) in [6.45, 7) is 2.95. The quantitative estimate of drug-likeness (QED) is 0.126. The number of carboxylic acid groups (broad SMARTS) is 2. The number of nitrogens with one attached hydrogen (secondary N) is 3. The van der Waals surface area contributed by atoms with Crippen LogP contribution >= 0.6 is 0 Å². The van der Waals surface area contributed by atoms with Gasteiger partial charge in [-0.05, 0) is 91.1 Å². The van der Waals surface area contributed by atoms with Crippen molar-refractivity contribution in [1.29, 1.82) is 0 Å². The van der Waals surface area contributed by atoms with E-state index in [1.807, 2.05) is 17.0 Å². The van der Waals surface area contributed by atoms with Gasteiger partial charge in [0, 0.05) is 17.7 Å². The monoisotopic (exact) mass is 655 g/mol. The second-order valence-electron chi connectivity index (χ2n) is 11.4. The van der Waals surface area contributed by atoms with Gasteiger partial charge >= 0.3 is 11.9 Å². The number of aliphatic carboxylic acids is 2. The summed E-state index contributed by atoms with van der Waals surface area (Å²) in [7, 11) is 0. The molecule has 2 aromatic heterocycles. The number of tetrazole rings is 1. The maximum absolute atomic E-state index is 13.1. The lowest BCUT2D eigenvalue weighted by molar-refractivity contribution is -0.141. The number of carbonyl (C=O) groups is 4. The number of amides is 2. The van der Waals surface area contributed by atoms with Crippen LogP contribution in [0.5, 0.6) is 0 Å². The van der Waals surface area contributed by atoms with Crippen LogP contribution < -0.4 is 21.1 Å². The standard InChI is InChI=1S/C32H33N9O7/c1-4-13-40(26-11-7-20-14-25-23(15-22(20)26)30(44)35-18(3)34-25)21-8-5-19(6-9-21)29(43)36-24(32(47)48)10-12-27-37-38-39-41(27)16-28(42)33-17(2)31(45)46/h1,5-6,8-9,14-15,17,24,26H,7,10-13,16H2,2-3H3,(H,33,42)(H,36,43)(H,45,46)(H,47,48)(H,34,35,44)/t17-,24+,26?/m1/s1. The van der Waals surface area contributed by atoms with Crippen LogP contribution in [0, 0.1) is 19.3 Å². The number of nitrogens with zero attached hydrogens (tertiary/aromatic N) is 6. The smallest absolute Gasteiger partial charge is 0.326 e. The summed E-state index contributed by atoms with van der Waals surface area (Å²) in [5.41, 5.74) is 3.49. The lowest BCUT2D eigenvalue weighted by Gasteiger charge is -2.30. The van der Waals surface area contributed by atoms with E-state index in [9.17, 15) is 29.1 Å². The molecular weight excluding hydrogens is 622 g/mol. The van der Waals surface area contributed by atoms with Gasteiger partial charge in [-0.15, -0.1) is 11.5 Å². The Balaban J connectivity index is 1.25. The number of anilines is 1. The first-order valence-electron chi connectivity index (χ1n) is 15.1. The molecule has 16 nitrogen and oxygen atoms in total. The average molecular weight is 656 g/mol. The number of carboxylic acids is 2. The van der Waals surface area contributed by atoms with E-state index in [0.29, 0.717) is 16.7 Å². The number of H-pyrrole nitrogens is 1. The van der Waals surface area contributed by atoms with Gasteiger partial charge in [-0.25, -0.2) is 14.5 Å². The Morgan fingerprint density at radius 1 is 1.15 bits per heavy atom. The Morgan fingerprint density at radius 2 is 1.90 bits per heavy atom. The second-order valence-corrected chi connectivity index (χ2v) is 11.4. The number of hydrogen-bond acceptors (Lipinski definition) is 10. The van der Waals surface area contributed by atoms with Gasteiger partial charge in [0.05, 0.1) is 23.5 Å². The van der Waals surface area contributed by atoms with Gasteiger partial charge in [-0.3, -0.25) is 19.2 Å². The number of benzene rings is 2. The first-order chi connectivity index (χ1) is 22.9. The predicted octanol–water partition coefficient (Wildman–Crippen LogP) is 0.750. The normalized spacial score (nSPS) is 14.8. The van der Waals surface area contributed by atoms with E-state index in [4.69, 9.17) is 11.5 Å². The number of aromatic amines is 1. The van der Waals surface area contributed by atoms with Crippen molar-refractivity contribution >= 4 is 40.3 Å². The summed E-state index contributed by atoms with van der Waals surface area (Å²) in [5.74, 6) is -0.307. The third kappa shape index (κ3) is 7.30. The number of aryl methyl sites for hydroxylation is 3. The first kappa shape index (κ1) is 33.3. The Labute approximate surface area is 273 Å². The predicted molar refractivity (Wildman–Crippen MR) is 171 cm³/mol. The minimum absolute atomic E-state index is 0.00564. The molecule has 0 aliphatic heterocycles. The minimum atomic E-state index is -1.30. The zero-order valence-electron chi connectivity index (χ0n) is 26.1. The number of rotatable bonds is 13. The number of fused-ring (bicyclic) bond motifs is 2. The van der Waals surface area contributed by atoms with Crippen molar-refractivity contribution in [2.75, 3.05) is 11.4 Å². The number of carbonyl (C=O) groups excluding carboxylic acids is 2. The third-order valence-electron chi connectivity index (χ3n) is 8.14. The Hall–Kier alpha value is -6.11. The molecule has 5 N–H and O–H groups in total. The summed E-state index contributed by atoms with van der Waals surface area (Å²) in [6, 6.07) is 7.94. The zero-order chi connectivity index (χ0) is 34.5. The fourth-order valence-corrected chi connectivity index (χ4v) is 5.73. The minimum Gasteiger partial charge on any atom is -0.480 e. The molecule has 0 fully saturated rings. The molecule has 0 saturated carbocycles. The molecule has 2 amide bonds. The van der Waals surface area contributed by atoms with Crippen LogP contribution in [0.2, 0.25) is 0 Å². The van der Waals surface area contributed by atoms with Crippen LogP contribution in [-0.2, 0) is 33.8 Å². The van der Waals surface area contributed by atoms with E-state index in [1.165, 1.54) is 6.92 Å². The molecule has 2 aromatic carbocycles. The van der Waals surface area contributed by atoms with E-state index < -0.39 is 35.8 Å². The van der Waals surface area contributed by atoms with Crippen LogP contribution in [0.1, 0.15) is 58.9 Å². The molecule has 5 rings (SSSR count). The highest BCUT2D eigenvalue weighted by Crippen LogP contribution is 2.39. The topological polar surface area (TPSA) is 225 Å². The molecule has 0 radical (unpaired) electrons. The Bertz CT molecular complexity index is 1980. The van der Waals surface area contributed by atoms with E-state index in [0.717, 1.165) is 34.3 Å². The van der Waals surface area contributed by atoms with Gasteiger partial charge in [0.2, 0.25) is 5.91 Å². The number of terminal acetylenes is 1. The molecule has 48 heavy (non-hydrogen) atoms. The van der Waals surface area contributed by atoms with E-state index in [2.05, 4.69) is 42.0 Å². The van der Waals surface area contributed by atoms with Gasteiger partial charge in [-0.2, -0.15) is 0 Å². The first-order valence-corrected chi connectivity index (χ1v) is 15.1. The Morgan fingerprint density at radius 3 is 2.58 bits per heavy atom. The van der Waals surface area contributed by atoms with Crippen LogP contribution in [0.3, 0.4) is 0 Å². The highest BCUT2D eigenvalue weighted by atomic mass is 16.4. The molecule has 0 bridgehead atoms. The molecule has 1 aliphatic carbocycles. The fourth-order valence-electron chi connectivity index (χ4n) is 5.73. The van der Waals surface area contributed by atoms with Crippen LogP contribution in [0.4, 0.5) is 5.69 Å². The van der Waals surface area contributed by atoms with Crippen LogP contribution in [-0.4, -0.2) is 82.8 Å². The Kier molecular flexibility index (Phi) is 9.78. The van der Waals surface area contributed by atoms with Crippen molar-refractivity contribution < 1.29 is 29.4 Å². The maximum Gasteiger partial charge on any atom is 0.326 e. The van der Waals surface area contributed by atoms with Gasteiger partial charge in [0.15, 0.2) is 5.82 Å². The molecule has 0 spiro atoms. The van der Waals surface area contributed by atoms with Crippen molar-refractivity contribution in [1.82, 2.24) is 40.8 Å². The van der Waals surface area contributed by atoms with Crippen molar-refractivity contribution in [2.45, 2.75) is 64.2 Å². The SMILES string of the molecule is C#CCN(c1ccc(C(=O)N[C@@H](CCc2nnnn2CC(=O)N[C@H](C)C(=O)O)C(=O)O)cc1)C1CCc2cc3nc(C)[nH]c(=O)c3cc21. The highest BCUT2D eigenvalue weighted by Gasteiger charge is 2.30. The second kappa shape index (κ2) is 14.1. The molecule has 0 saturated heterocycles. The van der Waals surface area contributed by atoms with Gasteiger partial charge in [0.25, 0.3) is 11.5 Å². The van der Waals surface area contributed by atoms with Gasteiger partial charge < -0.3 is 30.7 Å². The average Bonchev–Trinajstić information content (AvgIpc) is 3.66. The van der Waals surface area contributed by atoms with E-state index in [-0.39, 0.29) is 48.9 Å². The summed E-state index contributed by atoms with van der Waals surface area (Å²) in [5, 5.41) is 35.1. The largest absolute Gasteiger partial charge is 0.480 e. The lowest BCUT2D eigenvalue weighted by Crippen LogP contribution is -2.41. The van der Waals surface area contributed by atoms with Crippen LogP contribution in [0.15, 0.2) is 41.2 Å². The van der Waals surface area contributed by atoms with Crippen molar-refractivity contribution in [3.05, 3.63) is 75.1 Å². The summed E-state index contributed by atoms with van der Waals surface area (Å²) in [6.07, 6.45) is 7.21. The molecule has 3 atom stereocenters.